The van der Waals surface area contributed by atoms with Crippen molar-refractivity contribution in [3.05, 3.63) is 71.9 Å². The van der Waals surface area contributed by atoms with Crippen LogP contribution < -0.4 is 10.2 Å². The van der Waals surface area contributed by atoms with E-state index in [1.807, 2.05) is 6.20 Å². The number of hydrogen-bond acceptors (Lipinski definition) is 6. The van der Waals surface area contributed by atoms with Crippen LogP contribution in [0.5, 0.6) is 0 Å². The molecule has 0 unspecified atom stereocenters. The third kappa shape index (κ3) is 4.86. The number of imidazole rings is 1. The second kappa shape index (κ2) is 9.24. The summed E-state index contributed by atoms with van der Waals surface area (Å²) in [4.78, 5) is 21.9. The largest absolute Gasteiger partial charge is 0.351 e. The van der Waals surface area contributed by atoms with E-state index < -0.39 is 0 Å². The van der Waals surface area contributed by atoms with Crippen LogP contribution in [0.15, 0.2) is 54.7 Å². The Morgan fingerprint density at radius 3 is 2.52 bits per heavy atom. The molecule has 1 fully saturated rings. The van der Waals surface area contributed by atoms with Gasteiger partial charge in [0, 0.05) is 43.9 Å². The fourth-order valence-corrected chi connectivity index (χ4v) is 4.70. The summed E-state index contributed by atoms with van der Waals surface area (Å²) in [5.74, 6) is -0.708. The maximum atomic E-state index is 13.7. The van der Waals surface area contributed by atoms with Crippen molar-refractivity contribution in [2.24, 2.45) is 0 Å². The van der Waals surface area contributed by atoms with Crippen LogP contribution in [0.1, 0.15) is 5.56 Å². The summed E-state index contributed by atoms with van der Waals surface area (Å²) in [6.45, 7) is 3.44. The number of nitrogens with zero attached hydrogens (tertiary/aromatic N) is 5. The number of hydrogen-bond donors (Lipinski definition) is 1. The molecular weight excluding hydrogens is 446 g/mol. The lowest BCUT2D eigenvalue weighted by Gasteiger charge is -2.33. The van der Waals surface area contributed by atoms with Gasteiger partial charge in [-0.3, -0.25) is 9.69 Å². The normalized spacial score (nSPS) is 14.7. The van der Waals surface area contributed by atoms with Crippen molar-refractivity contribution in [3.8, 4) is 11.3 Å². The maximum absolute atomic E-state index is 13.7. The van der Waals surface area contributed by atoms with Crippen LogP contribution in [0.3, 0.4) is 0 Å². The van der Waals surface area contributed by atoms with Crippen LogP contribution in [-0.2, 0) is 11.3 Å². The molecule has 0 atom stereocenters. The minimum absolute atomic E-state index is 0.118. The van der Waals surface area contributed by atoms with Gasteiger partial charge >= 0.3 is 0 Å². The zero-order chi connectivity index (χ0) is 22.8. The number of rotatable bonds is 6. The van der Waals surface area contributed by atoms with Gasteiger partial charge < -0.3 is 10.2 Å². The second-order valence-electron chi connectivity index (χ2n) is 7.88. The Morgan fingerprint density at radius 2 is 1.79 bits per heavy atom. The third-order valence-electron chi connectivity index (χ3n) is 5.62. The molecule has 1 aliphatic rings. The summed E-state index contributed by atoms with van der Waals surface area (Å²) in [5.41, 5.74) is 2.08. The summed E-state index contributed by atoms with van der Waals surface area (Å²) >= 11 is 1.50. The summed E-state index contributed by atoms with van der Waals surface area (Å²) in [7, 11) is 0. The topological polar surface area (TPSA) is 65.8 Å². The Bertz CT molecular complexity index is 1230. The average Bonchev–Trinajstić information content (AvgIpc) is 3.39. The van der Waals surface area contributed by atoms with Gasteiger partial charge in [-0.15, -0.1) is 5.10 Å². The Morgan fingerprint density at radius 1 is 1.03 bits per heavy atom. The molecule has 3 heterocycles. The highest BCUT2D eigenvalue weighted by Gasteiger charge is 2.22. The SMILES string of the molecule is O=C(CN1CCN(c2nn3cc(-c4ccc(F)cc4)nc3s2)CC1)NCc1ccccc1F. The minimum atomic E-state index is -0.314. The molecule has 2 aromatic carbocycles. The van der Waals surface area contributed by atoms with E-state index in [-0.39, 0.29) is 30.6 Å². The van der Waals surface area contributed by atoms with Crippen molar-refractivity contribution in [1.29, 1.82) is 0 Å². The monoisotopic (exact) mass is 468 g/mol. The molecule has 170 valence electrons. The Hall–Kier alpha value is -3.37. The summed E-state index contributed by atoms with van der Waals surface area (Å²) in [6.07, 6.45) is 1.85. The zero-order valence-corrected chi connectivity index (χ0v) is 18.6. The summed E-state index contributed by atoms with van der Waals surface area (Å²) in [5, 5.41) is 8.32. The maximum Gasteiger partial charge on any atom is 0.234 e. The van der Waals surface area contributed by atoms with Crippen LogP contribution >= 0.6 is 11.3 Å². The van der Waals surface area contributed by atoms with Crippen molar-refractivity contribution in [2.45, 2.75) is 6.54 Å². The highest BCUT2D eigenvalue weighted by molar-refractivity contribution is 7.20. The van der Waals surface area contributed by atoms with Gasteiger partial charge in [0.2, 0.25) is 16.0 Å². The Kier molecular flexibility index (Phi) is 6.01. The van der Waals surface area contributed by atoms with Crippen molar-refractivity contribution >= 4 is 27.3 Å². The molecule has 1 amide bonds. The summed E-state index contributed by atoms with van der Waals surface area (Å²) < 4.78 is 28.6. The molecule has 5 rings (SSSR count). The van der Waals surface area contributed by atoms with Gasteiger partial charge in [-0.1, -0.05) is 29.5 Å². The molecule has 7 nitrogen and oxygen atoms in total. The molecule has 0 aliphatic carbocycles. The first-order valence-corrected chi connectivity index (χ1v) is 11.5. The van der Waals surface area contributed by atoms with Crippen LogP contribution in [0.2, 0.25) is 0 Å². The summed E-state index contributed by atoms with van der Waals surface area (Å²) in [6, 6.07) is 12.7. The lowest BCUT2D eigenvalue weighted by molar-refractivity contribution is -0.122. The molecule has 4 aromatic rings. The first kappa shape index (κ1) is 21.5. The highest BCUT2D eigenvalue weighted by Crippen LogP contribution is 2.27. The van der Waals surface area contributed by atoms with Crippen LogP contribution in [0.25, 0.3) is 16.2 Å². The number of aromatic nitrogens is 3. The Labute approximate surface area is 193 Å². The van der Waals surface area contributed by atoms with Crippen molar-refractivity contribution < 1.29 is 13.6 Å². The van der Waals surface area contributed by atoms with E-state index in [1.165, 1.54) is 29.5 Å². The number of piperazine rings is 1. The lowest BCUT2D eigenvalue weighted by atomic mass is 10.2. The molecule has 1 N–H and O–H groups in total. The van der Waals surface area contributed by atoms with E-state index in [0.717, 1.165) is 47.5 Å². The van der Waals surface area contributed by atoms with E-state index in [4.69, 9.17) is 0 Å². The van der Waals surface area contributed by atoms with Crippen molar-refractivity contribution in [2.75, 3.05) is 37.6 Å². The molecule has 0 spiro atoms. The molecule has 1 aliphatic heterocycles. The number of amides is 1. The van der Waals surface area contributed by atoms with E-state index in [2.05, 4.69) is 25.2 Å². The van der Waals surface area contributed by atoms with Crippen molar-refractivity contribution in [1.82, 2.24) is 24.8 Å². The number of carbonyl (C=O) groups is 1. The zero-order valence-electron chi connectivity index (χ0n) is 17.7. The molecule has 0 bridgehead atoms. The third-order valence-corrected chi connectivity index (χ3v) is 6.60. The Balaban J connectivity index is 1.14. The first-order valence-electron chi connectivity index (χ1n) is 10.6. The predicted molar refractivity (Wildman–Crippen MR) is 123 cm³/mol. The van der Waals surface area contributed by atoms with Gasteiger partial charge in [-0.25, -0.2) is 18.3 Å². The number of nitrogens with one attached hydrogen (secondary N) is 1. The van der Waals surface area contributed by atoms with E-state index in [9.17, 15) is 13.6 Å². The average molecular weight is 469 g/mol. The fourth-order valence-electron chi connectivity index (χ4n) is 3.77. The van der Waals surface area contributed by atoms with Gasteiger partial charge in [-0.2, -0.15) is 0 Å². The van der Waals surface area contributed by atoms with Crippen molar-refractivity contribution in [3.63, 3.8) is 0 Å². The predicted octanol–water partition coefficient (Wildman–Crippen LogP) is 3.17. The number of anilines is 1. The molecule has 0 radical (unpaired) electrons. The van der Waals surface area contributed by atoms with Crippen LogP contribution in [0.4, 0.5) is 13.9 Å². The molecule has 2 aromatic heterocycles. The molecule has 0 saturated carbocycles. The first-order chi connectivity index (χ1) is 16.0. The number of halogens is 2. The number of carbonyl (C=O) groups excluding carboxylic acids is 1. The molecule has 1 saturated heterocycles. The van der Waals surface area contributed by atoms with E-state index in [1.54, 1.807) is 34.8 Å². The fraction of sp³-hybridized carbons (Fsp3) is 0.261. The lowest BCUT2D eigenvalue weighted by Crippen LogP contribution is -2.49. The highest BCUT2D eigenvalue weighted by atomic mass is 32.1. The van der Waals surface area contributed by atoms with E-state index >= 15 is 0 Å². The minimum Gasteiger partial charge on any atom is -0.351 e. The smallest absolute Gasteiger partial charge is 0.234 e. The molecule has 33 heavy (non-hydrogen) atoms. The van der Waals surface area contributed by atoms with Gasteiger partial charge in [0.25, 0.3) is 0 Å². The van der Waals surface area contributed by atoms with E-state index in [0.29, 0.717) is 5.56 Å². The van der Waals surface area contributed by atoms with Gasteiger partial charge in [-0.05, 0) is 30.3 Å². The quantitative estimate of drug-likeness (QED) is 0.471. The molecule has 10 heteroatoms. The van der Waals surface area contributed by atoms with Gasteiger partial charge in [0.15, 0.2) is 0 Å². The van der Waals surface area contributed by atoms with Crippen LogP contribution in [-0.4, -0.2) is 58.1 Å². The number of benzene rings is 2. The second-order valence-corrected chi connectivity index (χ2v) is 8.81. The van der Waals surface area contributed by atoms with Crippen LogP contribution in [0, 0.1) is 11.6 Å². The standard InChI is InChI=1S/C23H22F2N6OS/c24-18-7-5-16(6-8-18)20-14-31-22(27-20)33-23(28-31)30-11-9-29(10-12-30)15-21(32)26-13-17-3-1-2-4-19(17)25/h1-8,14H,9-13,15H2,(H,26,32). The molecular formula is C23H22F2N6OS. The van der Waals surface area contributed by atoms with Gasteiger partial charge in [0.1, 0.15) is 11.6 Å². The van der Waals surface area contributed by atoms with Gasteiger partial charge in [0.05, 0.1) is 18.4 Å². The number of fused-ring (bicyclic) bond motifs is 1.